The van der Waals surface area contributed by atoms with Gasteiger partial charge in [0.1, 0.15) is 11.5 Å². The van der Waals surface area contributed by atoms with E-state index in [2.05, 4.69) is 16.0 Å². The molecule has 0 aliphatic carbocycles. The van der Waals surface area contributed by atoms with Gasteiger partial charge in [-0.25, -0.2) is 4.39 Å². The van der Waals surface area contributed by atoms with Crippen LogP contribution in [0.3, 0.4) is 0 Å². The minimum atomic E-state index is -0.535. The predicted octanol–water partition coefficient (Wildman–Crippen LogP) is 6.66. The molecule has 0 heterocycles. The number of carbonyl (C=O) groups excluding carboxylic acids is 3. The molecule has 6 nitrogen and oxygen atoms in total. The molecule has 1 unspecified atom stereocenters. The van der Waals surface area contributed by atoms with Crippen LogP contribution in [0.5, 0.6) is 0 Å². The first kappa shape index (κ1) is 28.3. The Bertz CT molecular complexity index is 1560. The molecule has 3 amide bonds. The van der Waals surface area contributed by atoms with Gasteiger partial charge < -0.3 is 16.0 Å². The Hall–Kier alpha value is -4.69. The first-order chi connectivity index (χ1) is 19.3. The highest BCUT2D eigenvalue weighted by Gasteiger charge is 2.18. The minimum Gasteiger partial charge on any atom is -0.323 e. The van der Waals surface area contributed by atoms with Crippen LogP contribution in [0.2, 0.25) is 0 Å². The summed E-state index contributed by atoms with van der Waals surface area (Å²) in [6.07, 6.45) is 1.62. The number of nitrogens with one attached hydrogen (secondary N) is 3. The summed E-state index contributed by atoms with van der Waals surface area (Å²) in [7, 11) is 0. The molecule has 0 aliphatic rings. The van der Waals surface area contributed by atoms with Crippen molar-refractivity contribution in [1.82, 2.24) is 5.32 Å². The van der Waals surface area contributed by atoms with E-state index in [1.165, 1.54) is 23.9 Å². The fraction of sp³-hybridized carbons (Fsp3) is 0.0938. The lowest BCUT2D eigenvalue weighted by atomic mass is 10.1. The third-order valence-electron chi connectivity index (χ3n) is 5.79. The van der Waals surface area contributed by atoms with Gasteiger partial charge in [-0.1, -0.05) is 66.2 Å². The van der Waals surface area contributed by atoms with Gasteiger partial charge in [0.15, 0.2) is 0 Å². The van der Waals surface area contributed by atoms with Crippen molar-refractivity contribution in [3.63, 3.8) is 0 Å². The van der Waals surface area contributed by atoms with Gasteiger partial charge in [-0.05, 0) is 68.0 Å². The zero-order chi connectivity index (χ0) is 28.5. The van der Waals surface area contributed by atoms with Crippen molar-refractivity contribution in [2.24, 2.45) is 0 Å². The highest BCUT2D eigenvalue weighted by Crippen LogP contribution is 2.27. The number of halogens is 1. The van der Waals surface area contributed by atoms with Crippen LogP contribution >= 0.6 is 11.8 Å². The fourth-order valence-electron chi connectivity index (χ4n) is 3.77. The number of benzene rings is 4. The lowest BCUT2D eigenvalue weighted by molar-refractivity contribution is -0.115. The Morgan fingerprint density at radius 2 is 1.55 bits per heavy atom. The average molecular weight is 554 g/mol. The van der Waals surface area contributed by atoms with Crippen molar-refractivity contribution in [3.05, 3.63) is 131 Å². The number of aryl methyl sites for hydroxylation is 1. The molecule has 40 heavy (non-hydrogen) atoms. The van der Waals surface area contributed by atoms with Crippen LogP contribution in [0, 0.1) is 12.7 Å². The largest absolute Gasteiger partial charge is 0.323 e. The molecule has 0 fully saturated rings. The van der Waals surface area contributed by atoms with Crippen LogP contribution in [-0.2, 0) is 9.59 Å². The van der Waals surface area contributed by atoms with Crippen molar-refractivity contribution >= 4 is 46.9 Å². The first-order valence-corrected chi connectivity index (χ1v) is 13.4. The van der Waals surface area contributed by atoms with Gasteiger partial charge >= 0.3 is 0 Å². The Morgan fingerprint density at radius 1 is 0.825 bits per heavy atom. The number of thioether (sulfide) groups is 1. The topological polar surface area (TPSA) is 87.3 Å². The van der Waals surface area contributed by atoms with Crippen LogP contribution in [0.4, 0.5) is 15.8 Å². The molecular formula is C32H28FN3O3S. The Balaban J connectivity index is 1.48. The van der Waals surface area contributed by atoms with E-state index in [4.69, 9.17) is 0 Å². The van der Waals surface area contributed by atoms with Gasteiger partial charge in [-0.3, -0.25) is 14.4 Å². The van der Waals surface area contributed by atoms with E-state index in [0.717, 1.165) is 16.0 Å². The summed E-state index contributed by atoms with van der Waals surface area (Å²) in [5.41, 5.74) is 2.88. The van der Waals surface area contributed by atoms with Gasteiger partial charge in [-0.2, -0.15) is 0 Å². The summed E-state index contributed by atoms with van der Waals surface area (Å²) in [6, 6.07) is 29.2. The molecule has 8 heteroatoms. The SMILES string of the molecule is Cc1cccc(/C=C(/NC(=O)c2ccccc2)C(=O)Nc2cccc(SC(C)C(=O)Nc3ccccc3F)c2)c1. The van der Waals surface area contributed by atoms with E-state index in [9.17, 15) is 18.8 Å². The Morgan fingerprint density at radius 3 is 2.30 bits per heavy atom. The molecule has 202 valence electrons. The summed E-state index contributed by atoms with van der Waals surface area (Å²) in [6.45, 7) is 3.66. The Labute approximate surface area is 236 Å². The number of rotatable bonds is 9. The third-order valence-corrected chi connectivity index (χ3v) is 6.88. The van der Waals surface area contributed by atoms with Crippen molar-refractivity contribution in [3.8, 4) is 0 Å². The molecule has 0 saturated heterocycles. The summed E-state index contributed by atoms with van der Waals surface area (Å²) in [5, 5.41) is 7.63. The molecule has 0 spiro atoms. The highest BCUT2D eigenvalue weighted by atomic mass is 32.2. The number of hydrogen-bond acceptors (Lipinski definition) is 4. The number of hydrogen-bond donors (Lipinski definition) is 3. The van der Waals surface area contributed by atoms with Gasteiger partial charge in [0.25, 0.3) is 11.8 Å². The summed E-state index contributed by atoms with van der Waals surface area (Å²) in [5.74, 6) is -1.77. The summed E-state index contributed by atoms with van der Waals surface area (Å²) in [4.78, 5) is 39.6. The van der Waals surface area contributed by atoms with Crippen LogP contribution in [0.25, 0.3) is 6.08 Å². The quantitative estimate of drug-likeness (QED) is 0.160. The van der Waals surface area contributed by atoms with E-state index in [0.29, 0.717) is 11.3 Å². The Kier molecular flexibility index (Phi) is 9.48. The van der Waals surface area contributed by atoms with Crippen molar-refractivity contribution in [2.45, 2.75) is 24.0 Å². The van der Waals surface area contributed by atoms with E-state index in [1.54, 1.807) is 67.6 Å². The second-order valence-electron chi connectivity index (χ2n) is 9.00. The van der Waals surface area contributed by atoms with E-state index in [1.807, 2.05) is 43.3 Å². The smallest absolute Gasteiger partial charge is 0.272 e. The molecule has 1 atom stereocenters. The lowest BCUT2D eigenvalue weighted by Gasteiger charge is -2.14. The fourth-order valence-corrected chi connectivity index (χ4v) is 4.70. The molecular weight excluding hydrogens is 525 g/mol. The highest BCUT2D eigenvalue weighted by molar-refractivity contribution is 8.00. The third kappa shape index (κ3) is 7.91. The zero-order valence-corrected chi connectivity index (χ0v) is 22.8. The molecule has 4 aromatic carbocycles. The molecule has 4 rings (SSSR count). The number of amides is 3. The number of anilines is 2. The predicted molar refractivity (Wildman–Crippen MR) is 158 cm³/mol. The summed E-state index contributed by atoms with van der Waals surface area (Å²) >= 11 is 1.27. The second kappa shape index (κ2) is 13.4. The van der Waals surface area contributed by atoms with Crippen LogP contribution < -0.4 is 16.0 Å². The number of carbonyl (C=O) groups is 3. The van der Waals surface area contributed by atoms with Crippen molar-refractivity contribution in [1.29, 1.82) is 0 Å². The molecule has 4 aromatic rings. The van der Waals surface area contributed by atoms with Gasteiger partial charge in [0.05, 0.1) is 10.9 Å². The molecule has 0 saturated carbocycles. The van der Waals surface area contributed by atoms with E-state index in [-0.39, 0.29) is 17.3 Å². The summed E-state index contributed by atoms with van der Waals surface area (Å²) < 4.78 is 13.9. The zero-order valence-electron chi connectivity index (χ0n) is 22.0. The molecule has 3 N–H and O–H groups in total. The molecule has 0 radical (unpaired) electrons. The van der Waals surface area contributed by atoms with Crippen molar-refractivity contribution < 1.29 is 18.8 Å². The van der Waals surface area contributed by atoms with Gasteiger partial charge in [0, 0.05) is 16.1 Å². The number of para-hydroxylation sites is 1. The first-order valence-electron chi connectivity index (χ1n) is 12.6. The molecule has 0 aliphatic heterocycles. The normalized spacial score (nSPS) is 11.8. The second-order valence-corrected chi connectivity index (χ2v) is 10.4. The van der Waals surface area contributed by atoms with Gasteiger partial charge in [-0.15, -0.1) is 11.8 Å². The lowest BCUT2D eigenvalue weighted by Crippen LogP contribution is -2.30. The maximum absolute atomic E-state index is 13.9. The maximum atomic E-state index is 13.9. The average Bonchev–Trinajstić information content (AvgIpc) is 2.94. The van der Waals surface area contributed by atoms with Crippen molar-refractivity contribution in [2.75, 3.05) is 10.6 Å². The van der Waals surface area contributed by atoms with Crippen LogP contribution in [0.15, 0.2) is 114 Å². The van der Waals surface area contributed by atoms with E-state index < -0.39 is 22.9 Å². The van der Waals surface area contributed by atoms with Crippen LogP contribution in [-0.4, -0.2) is 23.0 Å². The maximum Gasteiger partial charge on any atom is 0.272 e. The monoisotopic (exact) mass is 553 g/mol. The van der Waals surface area contributed by atoms with Crippen LogP contribution in [0.1, 0.15) is 28.4 Å². The minimum absolute atomic E-state index is 0.0788. The van der Waals surface area contributed by atoms with Gasteiger partial charge in [0.2, 0.25) is 5.91 Å². The standard InChI is InChI=1S/C32H28FN3O3S/c1-21-10-8-11-23(18-21)19-29(36-31(38)24-12-4-3-5-13-24)32(39)34-25-14-9-15-26(20-25)40-22(2)30(37)35-28-17-7-6-16-27(28)33/h3-20,22H,1-2H3,(H,34,39)(H,35,37)(H,36,38)/b29-19+. The molecule has 0 bridgehead atoms. The van der Waals surface area contributed by atoms with E-state index >= 15 is 0 Å². The molecule has 0 aromatic heterocycles.